The fourth-order valence-electron chi connectivity index (χ4n) is 2.87. The van der Waals surface area contributed by atoms with Gasteiger partial charge in [0.05, 0.1) is 25.9 Å². The molecule has 0 spiro atoms. The molecule has 1 rings (SSSR count). The van der Waals surface area contributed by atoms with Crippen molar-refractivity contribution in [2.45, 2.75) is 70.9 Å². The predicted molar refractivity (Wildman–Crippen MR) is 86.6 cm³/mol. The van der Waals surface area contributed by atoms with Crippen LogP contribution in [0.2, 0.25) is 0 Å². The summed E-state index contributed by atoms with van der Waals surface area (Å²) < 4.78 is 10.8. The van der Waals surface area contributed by atoms with Gasteiger partial charge in [0.1, 0.15) is 0 Å². The molecular weight excluding hydrogens is 266 g/mol. The molecule has 1 saturated carbocycles. The minimum Gasteiger partial charge on any atom is -0.389 e. The number of aliphatic hydroxyl groups is 1. The Hall–Kier alpha value is -0.160. The number of hydrogen-bond donors (Lipinski definition) is 2. The molecule has 4 nitrogen and oxygen atoms in total. The highest BCUT2D eigenvalue weighted by Crippen LogP contribution is 2.26. The van der Waals surface area contributed by atoms with Gasteiger partial charge in [-0.05, 0) is 32.1 Å². The Morgan fingerprint density at radius 3 is 2.52 bits per heavy atom. The van der Waals surface area contributed by atoms with Crippen molar-refractivity contribution in [1.29, 1.82) is 0 Å². The second-order valence-corrected chi connectivity index (χ2v) is 6.29. The monoisotopic (exact) mass is 301 g/mol. The van der Waals surface area contributed by atoms with E-state index in [0.717, 1.165) is 25.4 Å². The van der Waals surface area contributed by atoms with E-state index in [1.54, 1.807) is 0 Å². The van der Waals surface area contributed by atoms with Crippen LogP contribution in [-0.4, -0.2) is 50.2 Å². The van der Waals surface area contributed by atoms with Crippen molar-refractivity contribution in [2.24, 2.45) is 5.92 Å². The summed E-state index contributed by atoms with van der Waals surface area (Å²) in [4.78, 5) is 0. The molecule has 4 heteroatoms. The summed E-state index contributed by atoms with van der Waals surface area (Å²) in [5, 5.41) is 13.4. The molecule has 0 bridgehead atoms. The van der Waals surface area contributed by atoms with Crippen LogP contribution in [0.4, 0.5) is 0 Å². The van der Waals surface area contributed by atoms with Crippen molar-refractivity contribution < 1.29 is 14.6 Å². The van der Waals surface area contributed by atoms with Crippen molar-refractivity contribution in [2.75, 3.05) is 33.0 Å². The van der Waals surface area contributed by atoms with Gasteiger partial charge in [0.25, 0.3) is 0 Å². The molecule has 126 valence electrons. The SMILES string of the molecule is CCCCOCCOCC(O)CN[C@H](C)C1CCCCC1. The molecule has 2 N–H and O–H groups in total. The molecule has 1 fully saturated rings. The van der Waals surface area contributed by atoms with Gasteiger partial charge in [0.15, 0.2) is 0 Å². The number of unbranched alkanes of at least 4 members (excludes halogenated alkanes) is 1. The van der Waals surface area contributed by atoms with Gasteiger partial charge in [-0.1, -0.05) is 32.6 Å². The first-order valence-electron chi connectivity index (χ1n) is 8.81. The Balaban J connectivity index is 1.94. The second kappa shape index (κ2) is 12.4. The van der Waals surface area contributed by atoms with Crippen molar-refractivity contribution in [3.8, 4) is 0 Å². The average Bonchev–Trinajstić information content (AvgIpc) is 2.52. The molecule has 0 radical (unpaired) electrons. The van der Waals surface area contributed by atoms with Gasteiger partial charge in [-0.25, -0.2) is 0 Å². The number of aliphatic hydroxyl groups excluding tert-OH is 1. The van der Waals surface area contributed by atoms with E-state index in [1.807, 2.05) is 0 Å². The summed E-state index contributed by atoms with van der Waals surface area (Å²) in [6.07, 6.45) is 8.61. The van der Waals surface area contributed by atoms with Gasteiger partial charge >= 0.3 is 0 Å². The van der Waals surface area contributed by atoms with Crippen LogP contribution in [0.5, 0.6) is 0 Å². The maximum absolute atomic E-state index is 9.91. The topological polar surface area (TPSA) is 50.7 Å². The van der Waals surface area contributed by atoms with Crippen LogP contribution >= 0.6 is 0 Å². The third-order valence-electron chi connectivity index (χ3n) is 4.36. The van der Waals surface area contributed by atoms with E-state index in [0.29, 0.717) is 32.4 Å². The normalized spacial score (nSPS) is 19.6. The summed E-state index contributed by atoms with van der Waals surface area (Å²) in [7, 11) is 0. The van der Waals surface area contributed by atoms with Crippen molar-refractivity contribution in [3.63, 3.8) is 0 Å². The molecule has 1 aliphatic rings. The van der Waals surface area contributed by atoms with Gasteiger partial charge in [-0.15, -0.1) is 0 Å². The van der Waals surface area contributed by atoms with Crippen LogP contribution in [0.3, 0.4) is 0 Å². The molecule has 0 aliphatic heterocycles. The van der Waals surface area contributed by atoms with E-state index >= 15 is 0 Å². The Morgan fingerprint density at radius 1 is 1.10 bits per heavy atom. The quantitative estimate of drug-likeness (QED) is 0.544. The molecule has 0 aromatic heterocycles. The number of nitrogens with one attached hydrogen (secondary N) is 1. The van der Waals surface area contributed by atoms with E-state index in [-0.39, 0.29) is 0 Å². The number of hydrogen-bond acceptors (Lipinski definition) is 4. The standard InChI is InChI=1S/C17H35NO3/c1-3-4-10-20-11-12-21-14-17(19)13-18-15(2)16-8-6-5-7-9-16/h15-19H,3-14H2,1-2H3/t15-,17?/m1/s1. The molecule has 0 aromatic rings. The lowest BCUT2D eigenvalue weighted by Crippen LogP contribution is -2.40. The molecule has 21 heavy (non-hydrogen) atoms. The van der Waals surface area contributed by atoms with Gasteiger partial charge in [0.2, 0.25) is 0 Å². The van der Waals surface area contributed by atoms with Gasteiger partial charge < -0.3 is 19.9 Å². The van der Waals surface area contributed by atoms with Gasteiger partial charge in [-0.3, -0.25) is 0 Å². The van der Waals surface area contributed by atoms with Crippen molar-refractivity contribution in [3.05, 3.63) is 0 Å². The number of ether oxygens (including phenoxy) is 2. The summed E-state index contributed by atoms with van der Waals surface area (Å²) in [6, 6.07) is 0.498. The maximum atomic E-state index is 9.91. The Kier molecular flexibility index (Phi) is 11.1. The van der Waals surface area contributed by atoms with Crippen LogP contribution in [0.1, 0.15) is 58.8 Å². The van der Waals surface area contributed by atoms with E-state index in [4.69, 9.17) is 9.47 Å². The average molecular weight is 301 g/mol. The summed E-state index contributed by atoms with van der Waals surface area (Å²) in [6.45, 7) is 7.40. The highest BCUT2D eigenvalue weighted by atomic mass is 16.5. The van der Waals surface area contributed by atoms with Crippen LogP contribution < -0.4 is 5.32 Å². The van der Waals surface area contributed by atoms with Crippen LogP contribution in [0.25, 0.3) is 0 Å². The van der Waals surface area contributed by atoms with E-state index in [1.165, 1.54) is 32.1 Å². The molecule has 1 unspecified atom stereocenters. The molecule has 2 atom stereocenters. The van der Waals surface area contributed by atoms with E-state index < -0.39 is 6.10 Å². The fourth-order valence-corrected chi connectivity index (χ4v) is 2.87. The highest BCUT2D eigenvalue weighted by molar-refractivity contribution is 4.76. The third kappa shape index (κ3) is 9.46. The predicted octanol–water partition coefficient (Wildman–Crippen LogP) is 2.74. The Morgan fingerprint density at radius 2 is 1.81 bits per heavy atom. The molecule has 0 aromatic carbocycles. The van der Waals surface area contributed by atoms with Crippen molar-refractivity contribution in [1.82, 2.24) is 5.32 Å². The van der Waals surface area contributed by atoms with E-state index in [2.05, 4.69) is 19.2 Å². The summed E-state index contributed by atoms with van der Waals surface area (Å²) in [5.74, 6) is 0.777. The zero-order chi connectivity index (χ0) is 15.3. The smallest absolute Gasteiger partial charge is 0.0897 e. The lowest BCUT2D eigenvalue weighted by Gasteiger charge is -2.29. The minimum absolute atomic E-state index is 0.390. The number of rotatable bonds is 12. The van der Waals surface area contributed by atoms with Crippen LogP contribution in [0.15, 0.2) is 0 Å². The maximum Gasteiger partial charge on any atom is 0.0897 e. The molecule has 0 saturated heterocycles. The second-order valence-electron chi connectivity index (χ2n) is 6.29. The zero-order valence-corrected chi connectivity index (χ0v) is 14.0. The Labute approximate surface area is 130 Å². The molecular formula is C17H35NO3. The Bertz CT molecular complexity index is 232. The van der Waals surface area contributed by atoms with Gasteiger partial charge in [-0.2, -0.15) is 0 Å². The first-order chi connectivity index (χ1) is 10.2. The van der Waals surface area contributed by atoms with Crippen LogP contribution in [0, 0.1) is 5.92 Å². The summed E-state index contributed by atoms with van der Waals surface area (Å²) >= 11 is 0. The van der Waals surface area contributed by atoms with E-state index in [9.17, 15) is 5.11 Å². The molecule has 0 heterocycles. The van der Waals surface area contributed by atoms with Crippen LogP contribution in [-0.2, 0) is 9.47 Å². The largest absolute Gasteiger partial charge is 0.389 e. The fraction of sp³-hybridized carbons (Fsp3) is 1.00. The first-order valence-corrected chi connectivity index (χ1v) is 8.81. The first kappa shape index (κ1) is 18.9. The highest BCUT2D eigenvalue weighted by Gasteiger charge is 2.20. The minimum atomic E-state index is -0.424. The lowest BCUT2D eigenvalue weighted by molar-refractivity contribution is 0.00266. The zero-order valence-electron chi connectivity index (χ0n) is 14.0. The molecule has 0 amide bonds. The summed E-state index contributed by atoms with van der Waals surface area (Å²) in [5.41, 5.74) is 0. The van der Waals surface area contributed by atoms with Gasteiger partial charge in [0, 0.05) is 19.2 Å². The third-order valence-corrected chi connectivity index (χ3v) is 4.36. The van der Waals surface area contributed by atoms with Crippen molar-refractivity contribution >= 4 is 0 Å². The molecule has 1 aliphatic carbocycles. The lowest BCUT2D eigenvalue weighted by atomic mass is 9.84.